The molecule has 0 atom stereocenters. The van der Waals surface area contributed by atoms with E-state index in [0.717, 1.165) is 0 Å². The normalized spacial score (nSPS) is 9.78. The summed E-state index contributed by atoms with van der Waals surface area (Å²) in [6.07, 6.45) is 1.41. The van der Waals surface area contributed by atoms with Gasteiger partial charge in [0.1, 0.15) is 0 Å². The maximum Gasteiger partial charge on any atom is 0.330 e. The number of carbonyl (C=O) groups is 2. The van der Waals surface area contributed by atoms with Gasteiger partial charge in [-0.1, -0.05) is 39.1 Å². The molecule has 0 aliphatic rings. The van der Waals surface area contributed by atoms with Crippen molar-refractivity contribution in [3.05, 3.63) is 24.3 Å². The fourth-order valence-electron chi connectivity index (χ4n) is 0.354. The summed E-state index contributed by atoms with van der Waals surface area (Å²) in [5, 5.41) is 15.8. The fraction of sp³-hybridized carbons (Fsp3) is 0.667. The number of hydrogen-bond acceptors (Lipinski definition) is 4. The van der Waals surface area contributed by atoms with Gasteiger partial charge in [0.2, 0.25) is 0 Å². The Morgan fingerprint density at radius 1 is 0.815 bits per heavy atom. The van der Waals surface area contributed by atoms with Crippen molar-refractivity contribution in [2.24, 2.45) is 0 Å². The van der Waals surface area contributed by atoms with Gasteiger partial charge in [-0.3, -0.25) is 0 Å². The quantitative estimate of drug-likeness (QED) is 0.388. The SMILES string of the molecule is C=C(C)C(=O)O.C=C(C)C(=O)O.CCC[SiH2]C.C[Si](C)(C)O.C[Si](C)(C)O. The molecule has 0 fully saturated rings. The Balaban J connectivity index is -0.0000000749. The molecule has 27 heavy (non-hydrogen) atoms. The average Bonchev–Trinajstić information content (AvgIpc) is 2.36. The Morgan fingerprint density at radius 2 is 0.963 bits per heavy atom. The Kier molecular flexibility index (Phi) is 29.1. The average molecular weight is 441 g/mol. The molecule has 9 heteroatoms. The fourth-order valence-corrected chi connectivity index (χ4v) is 1.06. The first-order valence-electron chi connectivity index (χ1n) is 8.92. The predicted octanol–water partition coefficient (Wildman–Crippen LogP) is 3.95. The molecule has 6 nitrogen and oxygen atoms in total. The maximum atomic E-state index is 9.60. The topological polar surface area (TPSA) is 115 Å². The standard InChI is InChI=1S/2C4H6O2.C4H12Si.2C3H10OSi/c2*1-3(2)4(5)6;1-3-4-5-2;2*1-5(2,3)4/h2*1H2,2H3,(H,5,6);3-5H2,1-2H3;2*4H,1-3H3. The van der Waals surface area contributed by atoms with Crippen LogP contribution in [0, 0.1) is 0 Å². The molecule has 0 heterocycles. The lowest BCUT2D eigenvalue weighted by molar-refractivity contribution is -0.133. The third-order valence-electron chi connectivity index (χ3n) is 1.44. The summed E-state index contributed by atoms with van der Waals surface area (Å²) in [6.45, 7) is 25.1. The highest BCUT2D eigenvalue weighted by atomic mass is 28.4. The van der Waals surface area contributed by atoms with Gasteiger partial charge in [-0.15, -0.1) is 0 Å². The van der Waals surface area contributed by atoms with E-state index in [4.69, 9.17) is 19.8 Å². The molecule has 0 bridgehead atoms. The summed E-state index contributed by atoms with van der Waals surface area (Å²) >= 11 is 0. The molecule has 0 aromatic heterocycles. The largest absolute Gasteiger partial charge is 0.478 e. The molecule has 0 radical (unpaired) electrons. The molecule has 0 spiro atoms. The van der Waals surface area contributed by atoms with Crippen LogP contribution in [0.2, 0.25) is 51.9 Å². The van der Waals surface area contributed by atoms with E-state index in [0.29, 0.717) is 9.52 Å². The molecule has 0 amide bonds. The monoisotopic (exact) mass is 440 g/mol. The van der Waals surface area contributed by atoms with Crippen molar-refractivity contribution in [3.8, 4) is 0 Å². The van der Waals surface area contributed by atoms with Crippen molar-refractivity contribution in [1.29, 1.82) is 0 Å². The van der Waals surface area contributed by atoms with Crippen LogP contribution < -0.4 is 0 Å². The molecule has 0 aromatic rings. The highest BCUT2D eigenvalue weighted by Gasteiger charge is 2.04. The number of aliphatic carboxylic acids is 2. The minimum absolute atomic E-state index is 0.176. The van der Waals surface area contributed by atoms with Gasteiger partial charge in [0, 0.05) is 20.7 Å². The molecular formula is C18H44O6Si3. The van der Waals surface area contributed by atoms with Crippen LogP contribution in [0.5, 0.6) is 0 Å². The van der Waals surface area contributed by atoms with E-state index in [1.165, 1.54) is 26.3 Å². The lowest BCUT2D eigenvalue weighted by atomic mass is 10.4. The van der Waals surface area contributed by atoms with Crippen molar-refractivity contribution in [2.75, 3.05) is 0 Å². The number of rotatable bonds is 4. The van der Waals surface area contributed by atoms with Gasteiger partial charge in [-0.25, -0.2) is 9.59 Å². The summed E-state index contributed by atoms with van der Waals surface area (Å²) < 4.78 is 0. The van der Waals surface area contributed by atoms with E-state index in [9.17, 15) is 9.59 Å². The van der Waals surface area contributed by atoms with Gasteiger partial charge in [0.15, 0.2) is 16.6 Å². The van der Waals surface area contributed by atoms with Gasteiger partial charge in [-0.05, 0) is 53.1 Å². The smallest absolute Gasteiger partial charge is 0.330 e. The predicted molar refractivity (Wildman–Crippen MR) is 126 cm³/mol. The van der Waals surface area contributed by atoms with Crippen molar-refractivity contribution < 1.29 is 29.4 Å². The van der Waals surface area contributed by atoms with Crippen molar-refractivity contribution >= 4 is 38.1 Å². The molecule has 0 rings (SSSR count). The van der Waals surface area contributed by atoms with Crippen LogP contribution in [-0.2, 0) is 9.59 Å². The van der Waals surface area contributed by atoms with E-state index in [-0.39, 0.29) is 11.1 Å². The highest BCUT2D eigenvalue weighted by Crippen LogP contribution is 1.89. The minimum Gasteiger partial charge on any atom is -0.478 e. The Morgan fingerprint density at radius 3 is 0.963 bits per heavy atom. The van der Waals surface area contributed by atoms with Crippen molar-refractivity contribution in [3.63, 3.8) is 0 Å². The van der Waals surface area contributed by atoms with Gasteiger partial charge in [0.25, 0.3) is 0 Å². The Labute approximate surface area is 171 Å². The van der Waals surface area contributed by atoms with Crippen LogP contribution in [0.1, 0.15) is 27.2 Å². The van der Waals surface area contributed by atoms with Gasteiger partial charge < -0.3 is 19.8 Å². The van der Waals surface area contributed by atoms with Gasteiger partial charge in [0.05, 0.1) is 0 Å². The van der Waals surface area contributed by atoms with Gasteiger partial charge >= 0.3 is 11.9 Å². The molecule has 0 aliphatic heterocycles. The second kappa shape index (κ2) is 21.3. The van der Waals surface area contributed by atoms with E-state index in [2.05, 4.69) is 26.6 Å². The number of carboxylic acid groups (broad SMARTS) is 2. The van der Waals surface area contributed by atoms with Crippen molar-refractivity contribution in [2.45, 2.75) is 79.1 Å². The van der Waals surface area contributed by atoms with Crippen LogP contribution in [0.3, 0.4) is 0 Å². The number of hydrogen-bond donors (Lipinski definition) is 4. The van der Waals surface area contributed by atoms with Crippen LogP contribution in [0.4, 0.5) is 0 Å². The molecule has 0 unspecified atom stereocenters. The summed E-state index contributed by atoms with van der Waals surface area (Å²) in [6, 6.07) is 1.53. The minimum atomic E-state index is -1.61. The van der Waals surface area contributed by atoms with E-state index in [1.54, 1.807) is 0 Å². The molecule has 164 valence electrons. The number of carboxylic acids is 2. The molecular weight excluding hydrogens is 396 g/mol. The Hall–Kier alpha value is -1.01. The first-order chi connectivity index (χ1) is 11.7. The van der Waals surface area contributed by atoms with Gasteiger partial charge in [-0.2, -0.15) is 0 Å². The second-order valence-corrected chi connectivity index (χ2v) is 18.3. The Bertz CT molecular complexity index is 336. The zero-order chi connectivity index (χ0) is 23.4. The molecule has 0 saturated carbocycles. The molecule has 0 saturated heterocycles. The summed E-state index contributed by atoms with van der Waals surface area (Å²) in [4.78, 5) is 36.5. The maximum absolute atomic E-state index is 9.60. The third-order valence-corrected chi connectivity index (χ3v) is 2.85. The van der Waals surface area contributed by atoms with Crippen LogP contribution in [0.15, 0.2) is 24.3 Å². The van der Waals surface area contributed by atoms with Crippen LogP contribution in [-0.4, -0.2) is 57.9 Å². The highest BCUT2D eigenvalue weighted by molar-refractivity contribution is 6.68. The first kappa shape index (κ1) is 36.8. The zero-order valence-corrected chi connectivity index (χ0v) is 22.6. The summed E-state index contributed by atoms with van der Waals surface area (Å²) in [5.41, 5.74) is 0.352. The van der Waals surface area contributed by atoms with E-state index >= 15 is 0 Å². The zero-order valence-electron chi connectivity index (χ0n) is 19.1. The second-order valence-electron chi connectivity index (χ2n) is 7.87. The van der Waals surface area contributed by atoms with E-state index < -0.39 is 28.6 Å². The summed E-state index contributed by atoms with van der Waals surface area (Å²) in [7, 11) is -2.81. The lowest BCUT2D eigenvalue weighted by Crippen LogP contribution is -2.17. The van der Waals surface area contributed by atoms with Crippen molar-refractivity contribution in [1.82, 2.24) is 0 Å². The first-order valence-corrected chi connectivity index (χ1v) is 18.2. The van der Waals surface area contributed by atoms with Crippen LogP contribution >= 0.6 is 0 Å². The molecule has 0 aliphatic carbocycles. The third kappa shape index (κ3) is 163. The van der Waals surface area contributed by atoms with E-state index in [1.807, 2.05) is 39.3 Å². The van der Waals surface area contributed by atoms with Crippen LogP contribution in [0.25, 0.3) is 0 Å². The summed E-state index contributed by atoms with van der Waals surface area (Å²) in [5.74, 6) is -1.87. The molecule has 0 aromatic carbocycles. The molecule has 4 N–H and O–H groups in total. The lowest BCUT2D eigenvalue weighted by Gasteiger charge is -2.00.